The number of amides is 1. The summed E-state index contributed by atoms with van der Waals surface area (Å²) in [5.41, 5.74) is 6.28. The summed E-state index contributed by atoms with van der Waals surface area (Å²) < 4.78 is 16.7. The van der Waals surface area contributed by atoms with Crippen LogP contribution in [0.15, 0.2) is 24.3 Å². The number of carbonyl (C=O) groups is 1. The Bertz CT molecular complexity index is 497. The minimum Gasteiger partial charge on any atom is -0.449 e. The zero-order valence-electron chi connectivity index (χ0n) is 13.0. The minimum atomic E-state index is -0.746. The van der Waals surface area contributed by atoms with Crippen LogP contribution in [0.5, 0.6) is 0 Å². The highest BCUT2D eigenvalue weighted by Gasteiger charge is 2.51. The fourth-order valence-corrected chi connectivity index (χ4v) is 2.09. The molecule has 0 aliphatic carbocycles. The van der Waals surface area contributed by atoms with Gasteiger partial charge in [-0.1, -0.05) is 24.3 Å². The SMILES string of the molecule is CC1(C)OB(c2ccc(CCOC(N)=O)cc2)OC1(C)C. The molecule has 0 atom stereocenters. The molecular weight excluding hydrogens is 269 g/mol. The van der Waals surface area contributed by atoms with Gasteiger partial charge in [-0.05, 0) is 38.7 Å². The largest absolute Gasteiger partial charge is 0.494 e. The molecule has 1 aromatic rings. The first-order valence-corrected chi connectivity index (χ1v) is 7.08. The van der Waals surface area contributed by atoms with Gasteiger partial charge in [-0.15, -0.1) is 0 Å². The van der Waals surface area contributed by atoms with Gasteiger partial charge in [-0.25, -0.2) is 4.79 Å². The Morgan fingerprint density at radius 1 is 1.14 bits per heavy atom. The monoisotopic (exact) mass is 291 g/mol. The van der Waals surface area contributed by atoms with E-state index in [1.165, 1.54) is 0 Å². The molecule has 1 aromatic carbocycles. The van der Waals surface area contributed by atoms with Crippen LogP contribution in [-0.4, -0.2) is 31.0 Å². The lowest BCUT2D eigenvalue weighted by Crippen LogP contribution is -2.41. The predicted octanol–water partition coefficient (Wildman–Crippen LogP) is 1.62. The molecule has 1 fully saturated rings. The fraction of sp³-hybridized carbons (Fsp3) is 0.533. The summed E-state index contributed by atoms with van der Waals surface area (Å²) in [6, 6.07) is 7.90. The first-order valence-electron chi connectivity index (χ1n) is 7.08. The Hall–Kier alpha value is -1.53. The molecule has 0 unspecified atom stereocenters. The first kappa shape index (κ1) is 15.9. The molecule has 5 nitrogen and oxygen atoms in total. The van der Waals surface area contributed by atoms with Gasteiger partial charge in [0.2, 0.25) is 0 Å². The van der Waals surface area contributed by atoms with Crippen LogP contribution < -0.4 is 11.2 Å². The van der Waals surface area contributed by atoms with Crippen molar-refractivity contribution >= 4 is 18.7 Å². The van der Waals surface area contributed by atoms with Crippen molar-refractivity contribution in [3.63, 3.8) is 0 Å². The highest BCUT2D eigenvalue weighted by molar-refractivity contribution is 6.62. The van der Waals surface area contributed by atoms with E-state index < -0.39 is 6.09 Å². The Balaban J connectivity index is 1.99. The number of benzene rings is 1. The molecule has 0 aromatic heterocycles. The molecule has 1 heterocycles. The van der Waals surface area contributed by atoms with E-state index in [0.29, 0.717) is 6.42 Å². The summed E-state index contributed by atoms with van der Waals surface area (Å²) in [4.78, 5) is 10.5. The Labute approximate surface area is 125 Å². The van der Waals surface area contributed by atoms with Crippen molar-refractivity contribution in [2.24, 2.45) is 5.73 Å². The molecule has 1 amide bonds. The minimum absolute atomic E-state index is 0.283. The van der Waals surface area contributed by atoms with Crippen molar-refractivity contribution in [3.05, 3.63) is 29.8 Å². The van der Waals surface area contributed by atoms with Gasteiger partial charge >= 0.3 is 13.2 Å². The molecule has 0 saturated carbocycles. The summed E-state index contributed by atoms with van der Waals surface area (Å²) in [6.45, 7) is 8.40. The van der Waals surface area contributed by atoms with Gasteiger partial charge < -0.3 is 19.8 Å². The maximum absolute atomic E-state index is 10.5. The zero-order valence-corrected chi connectivity index (χ0v) is 13.0. The Morgan fingerprint density at radius 2 is 1.67 bits per heavy atom. The summed E-state index contributed by atoms with van der Waals surface area (Å²) in [6.07, 6.45) is -0.115. The van der Waals surface area contributed by atoms with Crippen molar-refractivity contribution in [2.75, 3.05) is 6.61 Å². The van der Waals surface area contributed by atoms with Crippen LogP contribution in [0.1, 0.15) is 33.3 Å². The van der Waals surface area contributed by atoms with Crippen molar-refractivity contribution < 1.29 is 18.8 Å². The smallest absolute Gasteiger partial charge is 0.449 e. The highest BCUT2D eigenvalue weighted by Crippen LogP contribution is 2.36. The lowest BCUT2D eigenvalue weighted by molar-refractivity contribution is 0.00578. The normalized spacial score (nSPS) is 19.5. The summed E-state index contributed by atoms with van der Waals surface area (Å²) in [5.74, 6) is 0. The maximum Gasteiger partial charge on any atom is 0.494 e. The number of nitrogens with two attached hydrogens (primary N) is 1. The topological polar surface area (TPSA) is 70.8 Å². The number of primary amides is 1. The molecule has 1 saturated heterocycles. The lowest BCUT2D eigenvalue weighted by atomic mass is 9.79. The third kappa shape index (κ3) is 3.57. The van der Waals surface area contributed by atoms with E-state index in [4.69, 9.17) is 19.8 Å². The number of carbonyl (C=O) groups excluding carboxylic acids is 1. The number of ether oxygens (including phenoxy) is 1. The Kier molecular flexibility index (Phi) is 4.30. The van der Waals surface area contributed by atoms with Crippen molar-refractivity contribution in [3.8, 4) is 0 Å². The Morgan fingerprint density at radius 3 is 2.14 bits per heavy atom. The average molecular weight is 291 g/mol. The van der Waals surface area contributed by atoms with Gasteiger partial charge in [0, 0.05) is 6.42 Å². The second-order valence-corrected chi connectivity index (χ2v) is 6.25. The second-order valence-electron chi connectivity index (χ2n) is 6.25. The van der Waals surface area contributed by atoms with Gasteiger partial charge in [-0.3, -0.25) is 0 Å². The van der Waals surface area contributed by atoms with Crippen molar-refractivity contribution in [1.29, 1.82) is 0 Å². The second kappa shape index (κ2) is 5.69. The van der Waals surface area contributed by atoms with E-state index in [1.807, 2.05) is 52.0 Å². The van der Waals surface area contributed by atoms with Crippen LogP contribution in [0.2, 0.25) is 0 Å². The fourth-order valence-electron chi connectivity index (χ4n) is 2.09. The van der Waals surface area contributed by atoms with Gasteiger partial charge in [0.25, 0.3) is 0 Å². The first-order chi connectivity index (χ1) is 9.71. The van der Waals surface area contributed by atoms with E-state index in [-0.39, 0.29) is 24.9 Å². The quantitative estimate of drug-likeness (QED) is 0.856. The zero-order chi connectivity index (χ0) is 15.7. The lowest BCUT2D eigenvalue weighted by Gasteiger charge is -2.32. The highest BCUT2D eigenvalue weighted by atomic mass is 16.7. The predicted molar refractivity (Wildman–Crippen MR) is 81.4 cm³/mol. The number of hydrogen-bond donors (Lipinski definition) is 1. The summed E-state index contributed by atoms with van der Waals surface area (Å²) in [7, 11) is -0.356. The number of hydrogen-bond acceptors (Lipinski definition) is 4. The van der Waals surface area contributed by atoms with E-state index in [0.717, 1.165) is 11.0 Å². The van der Waals surface area contributed by atoms with Crippen LogP contribution in [0, 0.1) is 0 Å². The molecule has 114 valence electrons. The van der Waals surface area contributed by atoms with Crippen molar-refractivity contribution in [1.82, 2.24) is 0 Å². The molecule has 0 radical (unpaired) electrons. The van der Waals surface area contributed by atoms with E-state index in [1.54, 1.807) is 0 Å². The molecule has 0 spiro atoms. The molecule has 0 bridgehead atoms. The van der Waals surface area contributed by atoms with E-state index in [2.05, 4.69) is 0 Å². The molecule has 1 aliphatic rings. The van der Waals surface area contributed by atoms with E-state index >= 15 is 0 Å². The number of rotatable bonds is 4. The van der Waals surface area contributed by atoms with Crippen LogP contribution in [-0.2, 0) is 20.5 Å². The van der Waals surface area contributed by atoms with Crippen molar-refractivity contribution in [2.45, 2.75) is 45.3 Å². The third-order valence-corrected chi connectivity index (χ3v) is 4.14. The average Bonchev–Trinajstić information content (AvgIpc) is 2.59. The molecule has 2 N–H and O–H groups in total. The summed E-state index contributed by atoms with van der Waals surface area (Å²) >= 11 is 0. The third-order valence-electron chi connectivity index (χ3n) is 4.14. The molecule has 2 rings (SSSR count). The molecule has 1 aliphatic heterocycles. The van der Waals surface area contributed by atoms with Gasteiger partial charge in [0.05, 0.1) is 17.8 Å². The van der Waals surface area contributed by atoms with E-state index in [9.17, 15) is 4.79 Å². The van der Waals surface area contributed by atoms with Crippen LogP contribution in [0.4, 0.5) is 4.79 Å². The van der Waals surface area contributed by atoms with Crippen LogP contribution in [0.25, 0.3) is 0 Å². The van der Waals surface area contributed by atoms with Gasteiger partial charge in [-0.2, -0.15) is 0 Å². The van der Waals surface area contributed by atoms with Gasteiger partial charge in [0.1, 0.15) is 0 Å². The maximum atomic E-state index is 10.5. The van der Waals surface area contributed by atoms with Crippen LogP contribution in [0.3, 0.4) is 0 Å². The summed E-state index contributed by atoms with van der Waals surface area (Å²) in [5, 5.41) is 0. The van der Waals surface area contributed by atoms with Crippen LogP contribution >= 0.6 is 0 Å². The molecular formula is C15H22BNO4. The standard InChI is InChI=1S/C15H22BNO4/c1-14(2)15(3,4)21-16(20-14)12-7-5-11(6-8-12)9-10-19-13(17)18/h5-8H,9-10H2,1-4H3,(H2,17,18). The van der Waals surface area contributed by atoms with Gasteiger partial charge in [0.15, 0.2) is 0 Å². The molecule has 21 heavy (non-hydrogen) atoms. The molecule has 6 heteroatoms.